The smallest absolute Gasteiger partial charge is 0.475 e. The average Bonchev–Trinajstić information content (AvgIpc) is 3.08. The highest BCUT2D eigenvalue weighted by molar-refractivity contribution is 6.31. The van der Waals surface area contributed by atoms with E-state index in [2.05, 4.69) is 52.5 Å². The minimum atomic E-state index is -5.08. The van der Waals surface area contributed by atoms with Gasteiger partial charge in [0, 0.05) is 35.9 Å². The van der Waals surface area contributed by atoms with E-state index < -0.39 is 12.1 Å². The number of carbonyl (C=O) groups excluding carboxylic acids is 1. The second-order valence-corrected chi connectivity index (χ2v) is 9.41. The number of rotatable bonds is 5. The maximum Gasteiger partial charge on any atom is 0.490 e. The molecule has 3 aromatic rings. The van der Waals surface area contributed by atoms with E-state index in [4.69, 9.17) is 21.5 Å². The molecule has 0 bridgehead atoms. The fourth-order valence-electron chi connectivity index (χ4n) is 3.93. The van der Waals surface area contributed by atoms with Crippen molar-refractivity contribution < 1.29 is 27.9 Å². The lowest BCUT2D eigenvalue weighted by atomic mass is 10.0. The van der Waals surface area contributed by atoms with E-state index in [9.17, 15) is 18.0 Å². The van der Waals surface area contributed by atoms with Gasteiger partial charge in [0.1, 0.15) is 0 Å². The first-order valence-electron chi connectivity index (χ1n) is 12.0. The van der Waals surface area contributed by atoms with Crippen LogP contribution in [0, 0.1) is 0 Å². The van der Waals surface area contributed by atoms with Gasteiger partial charge >= 0.3 is 12.1 Å². The monoisotopic (exact) mass is 547 g/mol. The number of alkyl halides is 3. The zero-order chi connectivity index (χ0) is 27.7. The Morgan fingerprint density at radius 1 is 0.921 bits per heavy atom. The van der Waals surface area contributed by atoms with E-state index in [1.54, 1.807) is 24.3 Å². The SMILES string of the molecule is CN1CCCN(Cc2ccc(-c3cccc(NC(=O)c4cccc(Cl)c4)c3)cc2)CC1.O=C(O)C(F)(F)F. The van der Waals surface area contributed by atoms with Gasteiger partial charge in [-0.05, 0) is 73.6 Å². The second kappa shape index (κ2) is 13.4. The first-order chi connectivity index (χ1) is 18.0. The molecule has 202 valence electrons. The van der Waals surface area contributed by atoms with Crippen LogP contribution >= 0.6 is 11.6 Å². The molecule has 0 spiro atoms. The lowest BCUT2D eigenvalue weighted by Gasteiger charge is -2.20. The van der Waals surface area contributed by atoms with Crippen LogP contribution in [0.3, 0.4) is 0 Å². The molecule has 6 nitrogen and oxygen atoms in total. The number of hydrogen-bond donors (Lipinski definition) is 2. The Hall–Kier alpha value is -3.40. The molecule has 0 aliphatic carbocycles. The number of carbonyl (C=O) groups is 2. The molecular weight excluding hydrogens is 519 g/mol. The van der Waals surface area contributed by atoms with E-state index in [1.807, 2.05) is 18.2 Å². The number of anilines is 1. The lowest BCUT2D eigenvalue weighted by Crippen LogP contribution is -2.28. The summed E-state index contributed by atoms with van der Waals surface area (Å²) in [7, 11) is 2.20. The minimum absolute atomic E-state index is 0.168. The Morgan fingerprint density at radius 2 is 1.61 bits per heavy atom. The molecule has 0 aromatic heterocycles. The Bertz CT molecular complexity index is 1240. The highest BCUT2D eigenvalue weighted by atomic mass is 35.5. The summed E-state index contributed by atoms with van der Waals surface area (Å²) in [5.74, 6) is -2.93. The lowest BCUT2D eigenvalue weighted by molar-refractivity contribution is -0.192. The summed E-state index contributed by atoms with van der Waals surface area (Å²) in [6, 6.07) is 23.6. The predicted octanol–water partition coefficient (Wildman–Crippen LogP) is 6.03. The van der Waals surface area contributed by atoms with Crippen molar-refractivity contribution >= 4 is 29.2 Å². The molecule has 0 atom stereocenters. The molecule has 3 aromatic carbocycles. The van der Waals surface area contributed by atoms with Crippen LogP contribution < -0.4 is 5.32 Å². The third-order valence-corrected chi connectivity index (χ3v) is 6.19. The van der Waals surface area contributed by atoms with Crippen molar-refractivity contribution in [3.05, 3.63) is 88.9 Å². The normalized spacial score (nSPS) is 14.7. The topological polar surface area (TPSA) is 72.9 Å². The zero-order valence-corrected chi connectivity index (χ0v) is 21.6. The van der Waals surface area contributed by atoms with Gasteiger partial charge in [-0.15, -0.1) is 0 Å². The summed E-state index contributed by atoms with van der Waals surface area (Å²) in [5, 5.41) is 10.6. The van der Waals surface area contributed by atoms with E-state index >= 15 is 0 Å². The molecular formula is C28H29ClF3N3O3. The second-order valence-electron chi connectivity index (χ2n) is 8.98. The zero-order valence-electron chi connectivity index (χ0n) is 20.8. The summed E-state index contributed by atoms with van der Waals surface area (Å²) in [4.78, 5) is 26.3. The van der Waals surface area contributed by atoms with Crippen LogP contribution in [0.25, 0.3) is 11.1 Å². The number of benzene rings is 3. The van der Waals surface area contributed by atoms with Gasteiger partial charge < -0.3 is 15.3 Å². The molecule has 10 heteroatoms. The Labute approximate surface area is 224 Å². The van der Waals surface area contributed by atoms with Crippen molar-refractivity contribution in [3.63, 3.8) is 0 Å². The van der Waals surface area contributed by atoms with E-state index in [-0.39, 0.29) is 5.91 Å². The molecule has 2 N–H and O–H groups in total. The number of carboxylic acid groups (broad SMARTS) is 1. The quantitative estimate of drug-likeness (QED) is 0.408. The number of likely N-dealkylation sites (N-methyl/N-ethyl adjacent to an activating group) is 1. The summed E-state index contributed by atoms with van der Waals surface area (Å²) in [5.41, 5.74) is 4.85. The van der Waals surface area contributed by atoms with Crippen LogP contribution in [0.1, 0.15) is 22.3 Å². The Morgan fingerprint density at radius 3 is 2.26 bits per heavy atom. The van der Waals surface area contributed by atoms with Crippen LogP contribution in [0.4, 0.5) is 18.9 Å². The molecule has 1 amide bonds. The van der Waals surface area contributed by atoms with Crippen molar-refractivity contribution in [2.24, 2.45) is 0 Å². The molecule has 4 rings (SSSR count). The molecule has 38 heavy (non-hydrogen) atoms. The van der Waals surface area contributed by atoms with Gasteiger partial charge in [0.05, 0.1) is 0 Å². The van der Waals surface area contributed by atoms with Crippen molar-refractivity contribution in [1.82, 2.24) is 9.80 Å². The van der Waals surface area contributed by atoms with Crippen LogP contribution in [-0.2, 0) is 11.3 Å². The number of aliphatic carboxylic acids is 1. The van der Waals surface area contributed by atoms with Crippen molar-refractivity contribution in [3.8, 4) is 11.1 Å². The molecule has 0 saturated carbocycles. The van der Waals surface area contributed by atoms with Crippen LogP contribution in [-0.4, -0.2) is 66.2 Å². The number of halogens is 4. The molecule has 1 saturated heterocycles. The number of nitrogens with zero attached hydrogens (tertiary/aromatic N) is 2. The highest BCUT2D eigenvalue weighted by Crippen LogP contribution is 2.24. The van der Waals surface area contributed by atoms with Gasteiger partial charge in [0.25, 0.3) is 5.91 Å². The van der Waals surface area contributed by atoms with Crippen LogP contribution in [0.5, 0.6) is 0 Å². The highest BCUT2D eigenvalue weighted by Gasteiger charge is 2.38. The minimum Gasteiger partial charge on any atom is -0.475 e. The van der Waals surface area contributed by atoms with Gasteiger partial charge in [-0.25, -0.2) is 4.79 Å². The van der Waals surface area contributed by atoms with Crippen molar-refractivity contribution in [2.75, 3.05) is 38.5 Å². The molecule has 1 heterocycles. The third kappa shape index (κ3) is 9.16. The first kappa shape index (κ1) is 29.2. The van der Waals surface area contributed by atoms with Crippen molar-refractivity contribution in [1.29, 1.82) is 0 Å². The number of hydrogen-bond acceptors (Lipinski definition) is 4. The number of amides is 1. The van der Waals surface area contributed by atoms with Gasteiger partial charge in [-0.3, -0.25) is 9.69 Å². The first-order valence-corrected chi connectivity index (χ1v) is 12.4. The Kier molecular flexibility index (Phi) is 10.3. The Balaban J connectivity index is 0.000000505. The van der Waals surface area contributed by atoms with Gasteiger partial charge in [-0.2, -0.15) is 13.2 Å². The summed E-state index contributed by atoms with van der Waals surface area (Å²) >= 11 is 6.00. The van der Waals surface area contributed by atoms with Crippen molar-refractivity contribution in [2.45, 2.75) is 19.1 Å². The van der Waals surface area contributed by atoms with Gasteiger partial charge in [0.2, 0.25) is 0 Å². The number of nitrogens with one attached hydrogen (secondary N) is 1. The fraction of sp³-hybridized carbons (Fsp3) is 0.286. The summed E-state index contributed by atoms with van der Waals surface area (Å²) in [6.07, 6.45) is -3.86. The van der Waals surface area contributed by atoms with E-state index in [0.717, 1.165) is 43.0 Å². The van der Waals surface area contributed by atoms with E-state index in [0.29, 0.717) is 10.6 Å². The molecule has 0 unspecified atom stereocenters. The predicted molar refractivity (Wildman–Crippen MR) is 142 cm³/mol. The third-order valence-electron chi connectivity index (χ3n) is 5.96. The maximum atomic E-state index is 12.5. The fourth-order valence-corrected chi connectivity index (χ4v) is 4.12. The standard InChI is InChI=1S/C26H28ClN3O.C2HF3O2/c1-29-13-4-14-30(16-15-29)19-20-9-11-21(12-10-20)22-5-3-8-25(18-22)28-26(31)23-6-2-7-24(27)17-23;3-2(4,5)1(6)7/h2-3,5-12,17-18H,4,13-16,19H2,1H3,(H,28,31);(H,6,7). The maximum absolute atomic E-state index is 12.5. The van der Waals surface area contributed by atoms with Crippen LogP contribution in [0.15, 0.2) is 72.8 Å². The molecule has 1 aliphatic heterocycles. The average molecular weight is 548 g/mol. The molecule has 1 aliphatic rings. The summed E-state index contributed by atoms with van der Waals surface area (Å²) < 4.78 is 31.7. The number of carboxylic acids is 1. The molecule has 0 radical (unpaired) electrons. The largest absolute Gasteiger partial charge is 0.490 e. The van der Waals surface area contributed by atoms with Gasteiger partial charge in [0.15, 0.2) is 0 Å². The molecule has 1 fully saturated rings. The van der Waals surface area contributed by atoms with Gasteiger partial charge in [-0.1, -0.05) is 54.1 Å². The van der Waals surface area contributed by atoms with E-state index in [1.165, 1.54) is 18.5 Å². The van der Waals surface area contributed by atoms with Crippen LogP contribution in [0.2, 0.25) is 5.02 Å². The summed E-state index contributed by atoms with van der Waals surface area (Å²) in [6.45, 7) is 5.57.